The molecule has 98 valence electrons. The van der Waals surface area contributed by atoms with Crippen molar-refractivity contribution >= 4 is 0 Å². The minimum absolute atomic E-state index is 0.715. The molecule has 3 heteroatoms. The number of hydrogen-bond donors (Lipinski definition) is 0. The largest absolute Gasteiger partial charge is 0.305 e. The van der Waals surface area contributed by atoms with Crippen molar-refractivity contribution in [2.24, 2.45) is 5.41 Å². The summed E-state index contributed by atoms with van der Waals surface area (Å²) in [6, 6.07) is 1.61. The fourth-order valence-corrected chi connectivity index (χ4v) is 3.92. The Morgan fingerprint density at radius 3 is 2.12 bits per heavy atom. The van der Waals surface area contributed by atoms with Crippen LogP contribution in [0.2, 0.25) is 0 Å². The fraction of sp³-hybridized carbons (Fsp3) is 1.00. The molecule has 0 atom stereocenters. The third-order valence-corrected chi connectivity index (χ3v) is 5.21. The van der Waals surface area contributed by atoms with E-state index >= 15 is 0 Å². The van der Waals surface area contributed by atoms with E-state index in [1.807, 2.05) is 0 Å². The van der Waals surface area contributed by atoms with E-state index in [2.05, 4.69) is 35.6 Å². The van der Waals surface area contributed by atoms with E-state index < -0.39 is 0 Å². The van der Waals surface area contributed by atoms with Gasteiger partial charge in [-0.05, 0) is 52.2 Å². The number of likely N-dealkylation sites (tertiary alicyclic amines) is 3. The fourth-order valence-electron chi connectivity index (χ4n) is 3.92. The van der Waals surface area contributed by atoms with Gasteiger partial charge < -0.3 is 4.90 Å². The van der Waals surface area contributed by atoms with Crippen molar-refractivity contribution in [2.75, 3.05) is 46.3 Å². The Labute approximate surface area is 106 Å². The van der Waals surface area contributed by atoms with Gasteiger partial charge in [0.05, 0.1) is 0 Å². The molecule has 0 bridgehead atoms. The van der Waals surface area contributed by atoms with E-state index in [0.717, 1.165) is 12.1 Å². The molecule has 0 aromatic carbocycles. The third kappa shape index (κ3) is 2.13. The maximum atomic E-state index is 2.75. The summed E-state index contributed by atoms with van der Waals surface area (Å²) in [5, 5.41) is 0. The number of nitrogens with zero attached hydrogens (tertiary/aromatic N) is 3. The molecule has 0 N–H and O–H groups in total. The highest BCUT2D eigenvalue weighted by Crippen LogP contribution is 2.40. The lowest BCUT2D eigenvalue weighted by molar-refractivity contribution is -0.0653. The normalized spacial score (nSPS) is 31.8. The van der Waals surface area contributed by atoms with E-state index in [4.69, 9.17) is 0 Å². The van der Waals surface area contributed by atoms with Crippen LogP contribution in [0.1, 0.15) is 26.7 Å². The van der Waals surface area contributed by atoms with Crippen molar-refractivity contribution in [3.8, 4) is 0 Å². The highest BCUT2D eigenvalue weighted by molar-refractivity contribution is 4.99. The smallest absolute Gasteiger partial charge is 0.0350 e. The first kappa shape index (κ1) is 11.9. The van der Waals surface area contributed by atoms with Crippen LogP contribution in [0.15, 0.2) is 0 Å². The van der Waals surface area contributed by atoms with Gasteiger partial charge in [0.1, 0.15) is 0 Å². The third-order valence-electron chi connectivity index (χ3n) is 5.21. The minimum atomic E-state index is 0.715. The van der Waals surface area contributed by atoms with E-state index in [0.29, 0.717) is 5.41 Å². The molecular weight excluding hydrogens is 210 g/mol. The van der Waals surface area contributed by atoms with Crippen LogP contribution >= 0.6 is 0 Å². The van der Waals surface area contributed by atoms with Gasteiger partial charge in [-0.25, -0.2) is 0 Å². The van der Waals surface area contributed by atoms with Crippen molar-refractivity contribution in [2.45, 2.75) is 38.8 Å². The maximum Gasteiger partial charge on any atom is 0.0350 e. The molecule has 3 nitrogen and oxygen atoms in total. The molecule has 0 aromatic heterocycles. The quantitative estimate of drug-likeness (QED) is 0.712. The SMILES string of the molecule is CC(C)N1CC(N2CCC3(CC2)CN(C)C3)C1. The average molecular weight is 237 g/mol. The molecule has 0 aliphatic carbocycles. The number of hydrogen-bond acceptors (Lipinski definition) is 3. The highest BCUT2D eigenvalue weighted by Gasteiger charge is 2.45. The van der Waals surface area contributed by atoms with Crippen LogP contribution in [0.5, 0.6) is 0 Å². The van der Waals surface area contributed by atoms with Gasteiger partial charge in [0.2, 0.25) is 0 Å². The van der Waals surface area contributed by atoms with Gasteiger partial charge in [0.15, 0.2) is 0 Å². The van der Waals surface area contributed by atoms with Crippen LogP contribution in [0, 0.1) is 5.41 Å². The van der Waals surface area contributed by atoms with Crippen LogP contribution in [0.25, 0.3) is 0 Å². The van der Waals surface area contributed by atoms with Crippen molar-refractivity contribution in [1.29, 1.82) is 0 Å². The first-order valence-electron chi connectivity index (χ1n) is 7.25. The molecule has 0 saturated carbocycles. The average Bonchev–Trinajstić information content (AvgIpc) is 2.16. The van der Waals surface area contributed by atoms with Crippen molar-refractivity contribution in [3.63, 3.8) is 0 Å². The zero-order chi connectivity index (χ0) is 12.0. The van der Waals surface area contributed by atoms with Crippen LogP contribution < -0.4 is 0 Å². The summed E-state index contributed by atoms with van der Waals surface area (Å²) in [5.74, 6) is 0. The van der Waals surface area contributed by atoms with Crippen molar-refractivity contribution in [1.82, 2.24) is 14.7 Å². The van der Waals surface area contributed by atoms with E-state index in [-0.39, 0.29) is 0 Å². The van der Waals surface area contributed by atoms with Gasteiger partial charge >= 0.3 is 0 Å². The topological polar surface area (TPSA) is 9.72 Å². The summed E-state index contributed by atoms with van der Waals surface area (Å²) in [4.78, 5) is 7.81. The molecule has 3 rings (SSSR count). The van der Waals surface area contributed by atoms with Crippen molar-refractivity contribution in [3.05, 3.63) is 0 Å². The molecule has 0 unspecified atom stereocenters. The molecule has 0 radical (unpaired) electrons. The Hall–Kier alpha value is -0.120. The highest BCUT2D eigenvalue weighted by atomic mass is 15.3. The lowest BCUT2D eigenvalue weighted by Crippen LogP contribution is -2.65. The maximum absolute atomic E-state index is 2.75. The molecule has 3 saturated heterocycles. The minimum Gasteiger partial charge on any atom is -0.305 e. The Balaban J connectivity index is 1.44. The lowest BCUT2D eigenvalue weighted by Gasteiger charge is -2.56. The first-order valence-corrected chi connectivity index (χ1v) is 7.25. The molecule has 3 aliphatic rings. The summed E-state index contributed by atoms with van der Waals surface area (Å²) in [6.45, 7) is 12.6. The van der Waals surface area contributed by atoms with E-state index in [9.17, 15) is 0 Å². The van der Waals surface area contributed by atoms with E-state index in [1.54, 1.807) is 0 Å². The first-order chi connectivity index (χ1) is 8.08. The van der Waals surface area contributed by atoms with Crippen LogP contribution in [0.4, 0.5) is 0 Å². The van der Waals surface area contributed by atoms with Gasteiger partial charge in [0.25, 0.3) is 0 Å². The van der Waals surface area contributed by atoms with Gasteiger partial charge in [-0.1, -0.05) is 0 Å². The monoisotopic (exact) mass is 237 g/mol. The summed E-state index contributed by atoms with van der Waals surface area (Å²) in [5.41, 5.74) is 0.715. The second kappa shape index (κ2) is 4.22. The zero-order valence-electron chi connectivity index (χ0n) is 11.7. The van der Waals surface area contributed by atoms with Crippen LogP contribution in [-0.2, 0) is 0 Å². The molecule has 3 fully saturated rings. The summed E-state index contributed by atoms with van der Waals surface area (Å²) in [7, 11) is 2.25. The van der Waals surface area contributed by atoms with E-state index in [1.165, 1.54) is 52.1 Å². The molecule has 3 aliphatic heterocycles. The number of piperidine rings is 1. The molecule has 0 aromatic rings. The predicted octanol–water partition coefficient (Wildman–Crippen LogP) is 1.11. The van der Waals surface area contributed by atoms with Crippen LogP contribution in [-0.4, -0.2) is 73.1 Å². The predicted molar refractivity (Wildman–Crippen MR) is 71.2 cm³/mol. The van der Waals surface area contributed by atoms with Crippen LogP contribution in [0.3, 0.4) is 0 Å². The number of rotatable bonds is 2. The second-order valence-electron chi connectivity index (χ2n) is 6.91. The second-order valence-corrected chi connectivity index (χ2v) is 6.91. The standard InChI is InChI=1S/C14H27N3/c1-12(2)17-8-13(9-17)16-6-4-14(5-7-16)10-15(3)11-14/h12-13H,4-11H2,1-3H3. The Morgan fingerprint density at radius 1 is 1.06 bits per heavy atom. The van der Waals surface area contributed by atoms with Gasteiger partial charge in [-0.3, -0.25) is 9.80 Å². The molecule has 1 spiro atoms. The van der Waals surface area contributed by atoms with Gasteiger partial charge in [-0.15, -0.1) is 0 Å². The Bertz CT molecular complexity index is 267. The lowest BCUT2D eigenvalue weighted by atomic mass is 9.72. The molecule has 3 heterocycles. The zero-order valence-corrected chi connectivity index (χ0v) is 11.7. The molecular formula is C14H27N3. The Morgan fingerprint density at radius 2 is 1.65 bits per heavy atom. The molecule has 0 amide bonds. The van der Waals surface area contributed by atoms with Gasteiger partial charge in [-0.2, -0.15) is 0 Å². The summed E-state index contributed by atoms with van der Waals surface area (Å²) < 4.78 is 0. The Kier molecular flexibility index (Phi) is 2.96. The molecule has 17 heavy (non-hydrogen) atoms. The summed E-state index contributed by atoms with van der Waals surface area (Å²) >= 11 is 0. The van der Waals surface area contributed by atoms with Crippen molar-refractivity contribution < 1.29 is 0 Å². The van der Waals surface area contributed by atoms with Gasteiger partial charge in [0, 0.05) is 38.3 Å². The summed E-state index contributed by atoms with van der Waals surface area (Å²) in [6.07, 6.45) is 2.88.